The maximum Gasteiger partial charge on any atom is 0.333 e. The minimum absolute atomic E-state index is 0.0501. The van der Waals surface area contributed by atoms with Crippen LogP contribution in [0.1, 0.15) is 5.56 Å². The highest BCUT2D eigenvalue weighted by atomic mass is 16.5. The summed E-state index contributed by atoms with van der Waals surface area (Å²) in [5.74, 6) is -1.02. The molecule has 0 amide bonds. The lowest BCUT2D eigenvalue weighted by molar-refractivity contribution is -0.133. The third kappa shape index (κ3) is 4.57. The van der Waals surface area contributed by atoms with Crippen LogP contribution in [0.4, 0.5) is 0 Å². The third-order valence-corrected chi connectivity index (χ3v) is 1.90. The van der Waals surface area contributed by atoms with Gasteiger partial charge in [0.25, 0.3) is 0 Å². The fraction of sp³-hybridized carbons (Fsp3) is 0.154. The summed E-state index contributed by atoms with van der Waals surface area (Å²) in [4.78, 5) is 10.4. The van der Waals surface area contributed by atoms with E-state index in [9.17, 15) is 4.79 Å². The number of carbonyl (C=O) groups is 1. The van der Waals surface area contributed by atoms with Crippen molar-refractivity contribution in [2.24, 2.45) is 0 Å². The zero-order chi connectivity index (χ0) is 11.8. The molecule has 3 heteroatoms. The van der Waals surface area contributed by atoms with Gasteiger partial charge in [0.2, 0.25) is 0 Å². The van der Waals surface area contributed by atoms with E-state index >= 15 is 0 Å². The number of benzene rings is 1. The molecular weight excluding hydrogens is 204 g/mol. The molecule has 1 N–H and O–H groups in total. The lowest BCUT2D eigenvalue weighted by atomic mass is 10.2. The van der Waals surface area contributed by atoms with Crippen molar-refractivity contribution in [3.05, 3.63) is 54.1 Å². The maximum atomic E-state index is 10.4. The largest absolute Gasteiger partial charge is 0.478 e. The van der Waals surface area contributed by atoms with Gasteiger partial charge in [0.05, 0.1) is 18.8 Å². The van der Waals surface area contributed by atoms with Crippen molar-refractivity contribution >= 4 is 12.0 Å². The van der Waals surface area contributed by atoms with Crippen LogP contribution in [-0.4, -0.2) is 24.3 Å². The first-order valence-electron chi connectivity index (χ1n) is 4.90. The van der Waals surface area contributed by atoms with Crippen molar-refractivity contribution < 1.29 is 14.6 Å². The van der Waals surface area contributed by atoms with E-state index in [-0.39, 0.29) is 12.2 Å². The molecule has 0 saturated heterocycles. The van der Waals surface area contributed by atoms with Gasteiger partial charge in [-0.2, -0.15) is 0 Å². The second-order valence-electron chi connectivity index (χ2n) is 3.24. The Morgan fingerprint density at radius 1 is 1.38 bits per heavy atom. The summed E-state index contributed by atoms with van der Waals surface area (Å²) < 4.78 is 5.11. The van der Waals surface area contributed by atoms with E-state index in [1.807, 2.05) is 42.5 Å². The number of aliphatic carboxylic acids is 1. The van der Waals surface area contributed by atoms with Gasteiger partial charge >= 0.3 is 5.97 Å². The molecule has 1 rings (SSSR count). The highest BCUT2D eigenvalue weighted by Crippen LogP contribution is 2.00. The molecule has 0 radical (unpaired) electrons. The molecule has 0 spiro atoms. The lowest BCUT2D eigenvalue weighted by Gasteiger charge is -1.99. The smallest absolute Gasteiger partial charge is 0.333 e. The van der Waals surface area contributed by atoms with Crippen molar-refractivity contribution in [2.75, 3.05) is 13.2 Å². The molecule has 0 atom stereocenters. The third-order valence-electron chi connectivity index (χ3n) is 1.90. The molecule has 1 aromatic rings. The monoisotopic (exact) mass is 218 g/mol. The van der Waals surface area contributed by atoms with Gasteiger partial charge in [0, 0.05) is 0 Å². The van der Waals surface area contributed by atoms with Crippen LogP contribution >= 0.6 is 0 Å². The van der Waals surface area contributed by atoms with Crippen LogP contribution in [0.5, 0.6) is 0 Å². The average Bonchev–Trinajstić information content (AvgIpc) is 2.29. The van der Waals surface area contributed by atoms with E-state index in [2.05, 4.69) is 6.58 Å². The first-order valence-corrected chi connectivity index (χ1v) is 4.90. The maximum absolute atomic E-state index is 10.4. The molecule has 0 aliphatic heterocycles. The quantitative estimate of drug-likeness (QED) is 0.589. The number of carboxylic acids is 1. The summed E-state index contributed by atoms with van der Waals surface area (Å²) in [6, 6.07) is 9.81. The highest BCUT2D eigenvalue weighted by Gasteiger charge is 2.01. The Bertz CT molecular complexity index is 379. The Kier molecular flexibility index (Phi) is 5.02. The van der Waals surface area contributed by atoms with Gasteiger partial charge in [-0.1, -0.05) is 49.1 Å². The SMILES string of the molecule is C=C(COCC=Cc1ccccc1)C(=O)O. The van der Waals surface area contributed by atoms with E-state index in [0.29, 0.717) is 6.61 Å². The minimum atomic E-state index is -1.02. The van der Waals surface area contributed by atoms with Crippen LogP contribution in [0.3, 0.4) is 0 Å². The van der Waals surface area contributed by atoms with Crippen LogP contribution in [0.15, 0.2) is 48.6 Å². The first-order chi connectivity index (χ1) is 7.70. The Labute approximate surface area is 94.7 Å². The van der Waals surface area contributed by atoms with Gasteiger partial charge < -0.3 is 9.84 Å². The summed E-state index contributed by atoms with van der Waals surface area (Å²) in [7, 11) is 0. The summed E-state index contributed by atoms with van der Waals surface area (Å²) in [6.45, 7) is 3.79. The Morgan fingerprint density at radius 3 is 2.69 bits per heavy atom. The van der Waals surface area contributed by atoms with Gasteiger partial charge in [-0.05, 0) is 5.56 Å². The number of carboxylic acid groups (broad SMARTS) is 1. The number of rotatable bonds is 6. The molecule has 0 unspecified atom stereocenters. The predicted octanol–water partition coefficient (Wildman–Crippen LogP) is 2.36. The molecule has 0 heterocycles. The molecule has 0 bridgehead atoms. The van der Waals surface area contributed by atoms with Crippen molar-refractivity contribution in [1.82, 2.24) is 0 Å². The Hall–Kier alpha value is -1.87. The second-order valence-corrected chi connectivity index (χ2v) is 3.24. The van der Waals surface area contributed by atoms with E-state index in [0.717, 1.165) is 5.56 Å². The van der Waals surface area contributed by atoms with Crippen LogP contribution in [0.2, 0.25) is 0 Å². The highest BCUT2D eigenvalue weighted by molar-refractivity contribution is 5.85. The lowest BCUT2D eigenvalue weighted by Crippen LogP contribution is -2.06. The Morgan fingerprint density at radius 2 is 2.06 bits per heavy atom. The molecule has 0 saturated carbocycles. The molecular formula is C13H14O3. The van der Waals surface area contributed by atoms with Gasteiger partial charge in [-0.15, -0.1) is 0 Å². The molecule has 16 heavy (non-hydrogen) atoms. The van der Waals surface area contributed by atoms with Gasteiger partial charge in [-0.25, -0.2) is 4.79 Å². The van der Waals surface area contributed by atoms with Crippen LogP contribution in [0, 0.1) is 0 Å². The Balaban J connectivity index is 2.24. The van der Waals surface area contributed by atoms with E-state index in [4.69, 9.17) is 9.84 Å². The van der Waals surface area contributed by atoms with Crippen molar-refractivity contribution in [1.29, 1.82) is 0 Å². The summed E-state index contributed by atoms with van der Waals surface area (Å²) in [5.41, 5.74) is 1.15. The summed E-state index contributed by atoms with van der Waals surface area (Å²) >= 11 is 0. The van der Waals surface area contributed by atoms with Gasteiger partial charge in [0.1, 0.15) is 0 Å². The summed E-state index contributed by atoms with van der Waals surface area (Å²) in [6.07, 6.45) is 3.76. The summed E-state index contributed by atoms with van der Waals surface area (Å²) in [5, 5.41) is 8.52. The standard InChI is InChI=1S/C13H14O3/c1-11(13(14)15)10-16-9-5-8-12-6-3-2-4-7-12/h2-8H,1,9-10H2,(H,14,15). The average molecular weight is 218 g/mol. The molecule has 0 aliphatic rings. The second kappa shape index (κ2) is 6.58. The molecule has 3 nitrogen and oxygen atoms in total. The molecule has 1 aromatic carbocycles. The molecule has 0 aromatic heterocycles. The van der Waals surface area contributed by atoms with E-state index in [1.54, 1.807) is 0 Å². The number of ether oxygens (including phenoxy) is 1. The van der Waals surface area contributed by atoms with Crippen LogP contribution < -0.4 is 0 Å². The zero-order valence-electron chi connectivity index (χ0n) is 8.93. The van der Waals surface area contributed by atoms with Gasteiger partial charge in [0.15, 0.2) is 0 Å². The van der Waals surface area contributed by atoms with Crippen molar-refractivity contribution in [2.45, 2.75) is 0 Å². The fourth-order valence-electron chi connectivity index (χ4n) is 1.06. The van der Waals surface area contributed by atoms with Crippen LogP contribution in [-0.2, 0) is 9.53 Å². The molecule has 84 valence electrons. The predicted molar refractivity (Wildman–Crippen MR) is 63.1 cm³/mol. The normalized spacial score (nSPS) is 10.5. The van der Waals surface area contributed by atoms with Crippen LogP contribution in [0.25, 0.3) is 6.08 Å². The van der Waals surface area contributed by atoms with E-state index < -0.39 is 5.97 Å². The van der Waals surface area contributed by atoms with Crippen molar-refractivity contribution in [3.63, 3.8) is 0 Å². The number of hydrogen-bond acceptors (Lipinski definition) is 2. The number of hydrogen-bond donors (Lipinski definition) is 1. The minimum Gasteiger partial charge on any atom is -0.478 e. The van der Waals surface area contributed by atoms with Gasteiger partial charge in [-0.3, -0.25) is 0 Å². The molecule has 0 fully saturated rings. The topological polar surface area (TPSA) is 46.5 Å². The first kappa shape index (κ1) is 12.2. The van der Waals surface area contributed by atoms with Crippen molar-refractivity contribution in [3.8, 4) is 0 Å². The fourth-order valence-corrected chi connectivity index (χ4v) is 1.06. The zero-order valence-corrected chi connectivity index (χ0v) is 8.93. The van der Waals surface area contributed by atoms with E-state index in [1.165, 1.54) is 0 Å². The molecule has 0 aliphatic carbocycles.